The first-order valence-electron chi connectivity index (χ1n) is 5.33. The van der Waals surface area contributed by atoms with Crippen LogP contribution in [0.1, 0.15) is 18.9 Å². The summed E-state index contributed by atoms with van der Waals surface area (Å²) in [5.41, 5.74) is 2.16. The molecule has 0 aliphatic heterocycles. The average Bonchev–Trinajstić information content (AvgIpc) is 2.75. The highest BCUT2D eigenvalue weighted by molar-refractivity contribution is 7.99. The fourth-order valence-electron chi connectivity index (χ4n) is 1.38. The van der Waals surface area contributed by atoms with E-state index in [2.05, 4.69) is 17.1 Å². The second kappa shape index (κ2) is 5.16. The summed E-state index contributed by atoms with van der Waals surface area (Å²) in [6.07, 6.45) is 1.10. The highest BCUT2D eigenvalue weighted by Crippen LogP contribution is 2.25. The Morgan fingerprint density at radius 3 is 2.81 bits per heavy atom. The van der Waals surface area contributed by atoms with Crippen molar-refractivity contribution in [1.29, 1.82) is 0 Å². The van der Waals surface area contributed by atoms with E-state index in [1.165, 1.54) is 0 Å². The molecule has 0 unspecified atom stereocenters. The maximum absolute atomic E-state index is 5.59. The number of hydrogen-bond donors (Lipinski definition) is 0. The molecule has 1 heterocycles. The predicted molar refractivity (Wildman–Crippen MR) is 65.5 cm³/mol. The molecule has 3 nitrogen and oxygen atoms in total. The molecule has 0 spiro atoms. The lowest BCUT2D eigenvalue weighted by atomic mass is 10.1. The molecule has 0 amide bonds. The zero-order valence-electron chi connectivity index (χ0n) is 9.43. The van der Waals surface area contributed by atoms with E-state index < -0.39 is 0 Å². The molecule has 0 saturated heterocycles. The maximum atomic E-state index is 5.59. The number of thioether (sulfide) groups is 1. The molecule has 1 aromatic heterocycles. The van der Waals surface area contributed by atoms with Crippen LogP contribution in [0.3, 0.4) is 0 Å². The monoisotopic (exact) mass is 234 g/mol. The van der Waals surface area contributed by atoms with E-state index in [-0.39, 0.29) is 0 Å². The van der Waals surface area contributed by atoms with Crippen LogP contribution >= 0.6 is 11.8 Å². The number of aromatic nitrogens is 2. The molecule has 0 saturated carbocycles. The minimum absolute atomic E-state index is 0.608. The fourth-order valence-corrected chi connectivity index (χ4v) is 1.99. The Morgan fingerprint density at radius 1 is 1.25 bits per heavy atom. The van der Waals surface area contributed by atoms with E-state index in [0.29, 0.717) is 11.1 Å². The van der Waals surface area contributed by atoms with Crippen LogP contribution < -0.4 is 0 Å². The van der Waals surface area contributed by atoms with Gasteiger partial charge in [0.1, 0.15) is 0 Å². The summed E-state index contributed by atoms with van der Waals surface area (Å²) in [4.78, 5) is 0. The van der Waals surface area contributed by atoms with Crippen molar-refractivity contribution >= 4 is 11.8 Å². The molecule has 2 rings (SSSR count). The van der Waals surface area contributed by atoms with Gasteiger partial charge in [-0.25, -0.2) is 0 Å². The van der Waals surface area contributed by atoms with Gasteiger partial charge >= 0.3 is 0 Å². The zero-order valence-corrected chi connectivity index (χ0v) is 10.3. The molecule has 0 aliphatic rings. The van der Waals surface area contributed by atoms with Crippen molar-refractivity contribution in [2.75, 3.05) is 5.75 Å². The number of aryl methyl sites for hydroxylation is 1. The Balaban J connectivity index is 2.22. The number of benzene rings is 1. The Labute approximate surface area is 99.3 Å². The Morgan fingerprint density at radius 2 is 2.06 bits per heavy atom. The molecular formula is C12H14N2OS. The first-order valence-corrected chi connectivity index (χ1v) is 6.32. The summed E-state index contributed by atoms with van der Waals surface area (Å²) < 4.78 is 5.59. The third-order valence-corrected chi connectivity index (χ3v) is 3.24. The lowest BCUT2D eigenvalue weighted by molar-refractivity contribution is 0.465. The van der Waals surface area contributed by atoms with E-state index in [0.717, 1.165) is 23.3 Å². The molecule has 0 N–H and O–H groups in total. The van der Waals surface area contributed by atoms with Gasteiger partial charge < -0.3 is 4.42 Å². The molecule has 1 aromatic carbocycles. The molecule has 2 aromatic rings. The molecule has 0 atom stereocenters. The van der Waals surface area contributed by atoms with E-state index in [9.17, 15) is 0 Å². The lowest BCUT2D eigenvalue weighted by Crippen LogP contribution is -1.81. The Kier molecular flexibility index (Phi) is 3.62. The summed E-state index contributed by atoms with van der Waals surface area (Å²) in [6.45, 7) is 4.17. The van der Waals surface area contributed by atoms with Crippen LogP contribution in [0.4, 0.5) is 0 Å². The molecule has 0 fully saturated rings. The van der Waals surface area contributed by atoms with Crippen LogP contribution in [0.5, 0.6) is 0 Å². The van der Waals surface area contributed by atoms with Gasteiger partial charge in [-0.1, -0.05) is 36.9 Å². The highest BCUT2D eigenvalue weighted by atomic mass is 32.2. The SMILES string of the molecule is CCCSc1nnc(-c2ccccc2C)o1. The number of hydrogen-bond acceptors (Lipinski definition) is 4. The van der Waals surface area contributed by atoms with Crippen LogP contribution in [0, 0.1) is 6.92 Å². The summed E-state index contributed by atoms with van der Waals surface area (Å²) >= 11 is 1.60. The van der Waals surface area contributed by atoms with Gasteiger partial charge in [0.05, 0.1) is 0 Å². The van der Waals surface area contributed by atoms with E-state index >= 15 is 0 Å². The van der Waals surface area contributed by atoms with Crippen LogP contribution in [-0.4, -0.2) is 16.0 Å². The molecule has 0 radical (unpaired) electrons. The summed E-state index contributed by atoms with van der Waals surface area (Å²) in [6, 6.07) is 8.02. The quantitative estimate of drug-likeness (QED) is 0.758. The second-order valence-electron chi connectivity index (χ2n) is 3.54. The van der Waals surface area contributed by atoms with Gasteiger partial charge in [0.25, 0.3) is 5.22 Å². The molecule has 84 valence electrons. The standard InChI is InChI=1S/C12H14N2OS/c1-3-8-16-12-14-13-11(15-12)10-7-5-4-6-9(10)2/h4-7H,3,8H2,1-2H3. The van der Waals surface area contributed by atoms with Crippen molar-refractivity contribution in [3.63, 3.8) is 0 Å². The van der Waals surface area contributed by atoms with Gasteiger partial charge in [0.2, 0.25) is 5.89 Å². The van der Waals surface area contributed by atoms with Gasteiger partial charge in [-0.15, -0.1) is 10.2 Å². The molecule has 4 heteroatoms. The normalized spacial score (nSPS) is 10.6. The molecular weight excluding hydrogens is 220 g/mol. The minimum Gasteiger partial charge on any atom is -0.411 e. The van der Waals surface area contributed by atoms with E-state index in [1.54, 1.807) is 11.8 Å². The van der Waals surface area contributed by atoms with Gasteiger partial charge in [0.15, 0.2) is 0 Å². The van der Waals surface area contributed by atoms with Crippen molar-refractivity contribution in [3.05, 3.63) is 29.8 Å². The lowest BCUT2D eigenvalue weighted by Gasteiger charge is -1.98. The number of nitrogens with zero attached hydrogens (tertiary/aromatic N) is 2. The molecule has 16 heavy (non-hydrogen) atoms. The van der Waals surface area contributed by atoms with Gasteiger partial charge in [-0.05, 0) is 25.0 Å². The van der Waals surface area contributed by atoms with Crippen molar-refractivity contribution in [2.45, 2.75) is 25.5 Å². The Bertz CT molecular complexity index is 468. The third-order valence-electron chi connectivity index (χ3n) is 2.21. The summed E-state index contributed by atoms with van der Waals surface area (Å²) in [7, 11) is 0. The maximum Gasteiger partial charge on any atom is 0.276 e. The van der Waals surface area contributed by atoms with E-state index in [1.807, 2.05) is 31.2 Å². The second-order valence-corrected chi connectivity index (χ2v) is 4.58. The molecule has 0 bridgehead atoms. The van der Waals surface area contributed by atoms with E-state index in [4.69, 9.17) is 4.42 Å². The predicted octanol–water partition coefficient (Wildman–Crippen LogP) is 3.55. The zero-order chi connectivity index (χ0) is 11.4. The minimum atomic E-state index is 0.608. The first-order chi connectivity index (χ1) is 7.81. The van der Waals surface area contributed by atoms with Crippen molar-refractivity contribution in [1.82, 2.24) is 10.2 Å². The van der Waals surface area contributed by atoms with Crippen molar-refractivity contribution < 1.29 is 4.42 Å². The van der Waals surface area contributed by atoms with Crippen LogP contribution in [0.25, 0.3) is 11.5 Å². The largest absolute Gasteiger partial charge is 0.411 e. The Hall–Kier alpha value is -1.29. The van der Waals surface area contributed by atoms with Crippen LogP contribution in [0.15, 0.2) is 33.9 Å². The number of rotatable bonds is 4. The van der Waals surface area contributed by atoms with Gasteiger partial charge in [-0.2, -0.15) is 0 Å². The molecule has 0 aliphatic carbocycles. The fraction of sp³-hybridized carbons (Fsp3) is 0.333. The first kappa shape index (κ1) is 11.2. The highest BCUT2D eigenvalue weighted by Gasteiger charge is 2.09. The van der Waals surface area contributed by atoms with Crippen molar-refractivity contribution in [2.24, 2.45) is 0 Å². The summed E-state index contributed by atoms with van der Waals surface area (Å²) in [5.74, 6) is 1.62. The van der Waals surface area contributed by atoms with Crippen LogP contribution in [0.2, 0.25) is 0 Å². The smallest absolute Gasteiger partial charge is 0.276 e. The van der Waals surface area contributed by atoms with Crippen molar-refractivity contribution in [3.8, 4) is 11.5 Å². The topological polar surface area (TPSA) is 38.9 Å². The average molecular weight is 234 g/mol. The van der Waals surface area contributed by atoms with Crippen LogP contribution in [-0.2, 0) is 0 Å². The van der Waals surface area contributed by atoms with Gasteiger partial charge in [0, 0.05) is 11.3 Å². The van der Waals surface area contributed by atoms with Gasteiger partial charge in [-0.3, -0.25) is 0 Å². The third kappa shape index (κ3) is 2.44. The summed E-state index contributed by atoms with van der Waals surface area (Å²) in [5, 5.41) is 8.73.